The van der Waals surface area contributed by atoms with Crippen molar-refractivity contribution in [2.24, 2.45) is 0 Å². The minimum Gasteiger partial charge on any atom is -0.474 e. The quantitative estimate of drug-likeness (QED) is 0.392. The SMILES string of the molecule is CC[C@@H]1C[C@H](Oc2cc(C(F)(F)F)c3scc(C(=O)NC)c3n2)CCN1C(=O)OCCOC(F)(F)F. The second kappa shape index (κ2) is 11.1. The summed E-state index contributed by atoms with van der Waals surface area (Å²) < 4.78 is 91.2. The van der Waals surface area contributed by atoms with E-state index in [-0.39, 0.29) is 41.0 Å². The molecule has 15 heteroatoms. The highest BCUT2D eigenvalue weighted by molar-refractivity contribution is 7.17. The molecule has 0 radical (unpaired) electrons. The Morgan fingerprint density at radius 1 is 1.22 bits per heavy atom. The van der Waals surface area contributed by atoms with Crippen LogP contribution in [0.1, 0.15) is 42.1 Å². The average molecular weight is 543 g/mol. The Morgan fingerprint density at radius 2 is 1.94 bits per heavy atom. The summed E-state index contributed by atoms with van der Waals surface area (Å²) in [5.74, 6) is -0.893. The van der Waals surface area contributed by atoms with Crippen LogP contribution in [0.15, 0.2) is 11.4 Å². The number of nitrogens with one attached hydrogen (secondary N) is 1. The number of thiophene rings is 1. The molecule has 2 aromatic heterocycles. The van der Waals surface area contributed by atoms with E-state index < -0.39 is 55.5 Å². The Morgan fingerprint density at radius 3 is 2.56 bits per heavy atom. The zero-order valence-corrected chi connectivity index (χ0v) is 20.0. The Labute approximate surface area is 205 Å². The van der Waals surface area contributed by atoms with Gasteiger partial charge in [-0.15, -0.1) is 24.5 Å². The van der Waals surface area contributed by atoms with Crippen molar-refractivity contribution in [1.29, 1.82) is 0 Å². The lowest BCUT2D eigenvalue weighted by molar-refractivity contribution is -0.326. The van der Waals surface area contributed by atoms with Gasteiger partial charge >= 0.3 is 18.6 Å². The second-order valence-corrected chi connectivity index (χ2v) is 8.72. The number of ether oxygens (including phenoxy) is 3. The molecule has 1 aliphatic heterocycles. The van der Waals surface area contributed by atoms with Crippen molar-refractivity contribution in [2.45, 2.75) is 50.9 Å². The van der Waals surface area contributed by atoms with Crippen LogP contribution in [0.4, 0.5) is 31.1 Å². The molecule has 2 aromatic rings. The van der Waals surface area contributed by atoms with Crippen LogP contribution in [0.2, 0.25) is 0 Å². The second-order valence-electron chi connectivity index (χ2n) is 7.84. The van der Waals surface area contributed by atoms with Gasteiger partial charge in [-0.3, -0.25) is 9.53 Å². The number of fused-ring (bicyclic) bond motifs is 1. The minimum atomic E-state index is -4.83. The fourth-order valence-electron chi connectivity index (χ4n) is 3.84. The number of carbonyl (C=O) groups excluding carboxylic acids is 2. The van der Waals surface area contributed by atoms with Gasteiger partial charge in [-0.1, -0.05) is 6.92 Å². The Kier molecular flexibility index (Phi) is 8.54. The largest absolute Gasteiger partial charge is 0.522 e. The molecule has 8 nitrogen and oxygen atoms in total. The molecule has 1 fully saturated rings. The molecule has 0 spiro atoms. The summed E-state index contributed by atoms with van der Waals surface area (Å²) in [6.07, 6.45) is -10.1. The van der Waals surface area contributed by atoms with Crippen LogP contribution in [0.3, 0.4) is 0 Å². The van der Waals surface area contributed by atoms with Crippen LogP contribution in [-0.4, -0.2) is 67.2 Å². The number of hydrogen-bond donors (Lipinski definition) is 1. The highest BCUT2D eigenvalue weighted by Gasteiger charge is 2.37. The lowest BCUT2D eigenvalue weighted by atomic mass is 9.98. The lowest BCUT2D eigenvalue weighted by Crippen LogP contribution is -2.49. The molecular weight excluding hydrogens is 520 g/mol. The predicted molar refractivity (Wildman–Crippen MR) is 116 cm³/mol. The molecule has 0 aromatic carbocycles. The molecule has 3 heterocycles. The first-order valence-electron chi connectivity index (χ1n) is 10.9. The van der Waals surface area contributed by atoms with Crippen LogP contribution in [-0.2, 0) is 15.7 Å². The van der Waals surface area contributed by atoms with Gasteiger partial charge in [0.1, 0.15) is 12.7 Å². The van der Waals surface area contributed by atoms with Crippen molar-refractivity contribution < 1.29 is 50.1 Å². The van der Waals surface area contributed by atoms with E-state index in [0.717, 1.165) is 17.4 Å². The van der Waals surface area contributed by atoms with E-state index in [1.165, 1.54) is 17.3 Å². The fourth-order valence-corrected chi connectivity index (χ4v) is 4.86. The Hall–Kier alpha value is -2.81. The van der Waals surface area contributed by atoms with Crippen molar-refractivity contribution in [3.63, 3.8) is 0 Å². The highest BCUT2D eigenvalue weighted by atomic mass is 32.1. The summed E-state index contributed by atoms with van der Waals surface area (Å²) in [5.41, 5.74) is -1.11. The summed E-state index contributed by atoms with van der Waals surface area (Å²) in [5, 5.41) is 3.66. The smallest absolute Gasteiger partial charge is 0.474 e. The third kappa shape index (κ3) is 6.69. The van der Waals surface area contributed by atoms with Gasteiger partial charge in [0.15, 0.2) is 0 Å². The van der Waals surface area contributed by atoms with Crippen LogP contribution in [0, 0.1) is 0 Å². The van der Waals surface area contributed by atoms with Crippen LogP contribution < -0.4 is 10.1 Å². The summed E-state index contributed by atoms with van der Waals surface area (Å²) in [7, 11) is 1.35. The van der Waals surface area contributed by atoms with Gasteiger partial charge in [-0.2, -0.15) is 13.2 Å². The van der Waals surface area contributed by atoms with E-state index in [4.69, 9.17) is 9.47 Å². The van der Waals surface area contributed by atoms with Gasteiger partial charge in [-0.05, 0) is 6.42 Å². The lowest BCUT2D eigenvalue weighted by Gasteiger charge is -2.38. The first-order valence-corrected chi connectivity index (χ1v) is 11.7. The Bertz CT molecular complexity index is 1090. The van der Waals surface area contributed by atoms with E-state index in [2.05, 4.69) is 15.0 Å². The predicted octanol–water partition coefficient (Wildman–Crippen LogP) is 4.97. The molecule has 36 heavy (non-hydrogen) atoms. The molecule has 1 N–H and O–H groups in total. The third-order valence-corrected chi connectivity index (χ3v) is 6.51. The molecule has 1 saturated heterocycles. The van der Waals surface area contributed by atoms with Crippen molar-refractivity contribution in [2.75, 3.05) is 26.8 Å². The first kappa shape index (κ1) is 27.8. The number of rotatable bonds is 7. The van der Waals surface area contributed by atoms with Crippen LogP contribution in [0.5, 0.6) is 5.88 Å². The molecule has 3 rings (SSSR count). The van der Waals surface area contributed by atoms with Crippen LogP contribution >= 0.6 is 11.3 Å². The van der Waals surface area contributed by atoms with Crippen LogP contribution in [0.25, 0.3) is 10.2 Å². The molecular formula is C21H23F6N3O5S. The van der Waals surface area contributed by atoms with Crippen molar-refractivity contribution in [3.05, 3.63) is 22.6 Å². The number of halogens is 6. The highest BCUT2D eigenvalue weighted by Crippen LogP contribution is 2.40. The summed E-state index contributed by atoms with van der Waals surface area (Å²) in [6, 6.07) is 0.363. The number of alkyl halides is 6. The van der Waals surface area contributed by atoms with Crippen molar-refractivity contribution in [3.8, 4) is 5.88 Å². The molecule has 0 unspecified atom stereocenters. The van der Waals surface area contributed by atoms with E-state index in [0.29, 0.717) is 6.42 Å². The third-order valence-electron chi connectivity index (χ3n) is 5.51. The zero-order chi connectivity index (χ0) is 26.7. The standard InChI is InChI=1S/C21H23F6N3O5S/c1-3-11-8-12(4-5-30(11)19(32)33-6-7-34-21(25,26)27)35-15-9-14(20(22,23)24)17-16(29-15)13(10-36-17)18(31)28-2/h9-12H,3-8H2,1-2H3,(H,28,31)/t11-,12-/m1/s1. The maximum Gasteiger partial charge on any atom is 0.522 e. The Balaban J connectivity index is 1.72. The monoisotopic (exact) mass is 543 g/mol. The van der Waals surface area contributed by atoms with Gasteiger partial charge in [0, 0.05) is 43.9 Å². The van der Waals surface area contributed by atoms with E-state index >= 15 is 0 Å². The van der Waals surface area contributed by atoms with Crippen molar-refractivity contribution >= 4 is 33.6 Å². The van der Waals surface area contributed by atoms with Gasteiger partial charge in [-0.25, -0.2) is 9.78 Å². The number of likely N-dealkylation sites (tertiary alicyclic amines) is 1. The maximum atomic E-state index is 13.7. The molecule has 0 saturated carbocycles. The molecule has 2 atom stereocenters. The van der Waals surface area contributed by atoms with Gasteiger partial charge < -0.3 is 19.7 Å². The summed E-state index contributed by atoms with van der Waals surface area (Å²) in [4.78, 5) is 29.9. The van der Waals surface area contributed by atoms with Gasteiger partial charge in [0.25, 0.3) is 5.91 Å². The van der Waals surface area contributed by atoms with Gasteiger partial charge in [0.05, 0.1) is 28.0 Å². The van der Waals surface area contributed by atoms with E-state index in [1.807, 2.05) is 0 Å². The van der Waals surface area contributed by atoms with E-state index in [1.54, 1.807) is 6.92 Å². The number of amides is 2. The first-order chi connectivity index (χ1) is 16.8. The summed E-state index contributed by atoms with van der Waals surface area (Å²) >= 11 is 0.754. The summed E-state index contributed by atoms with van der Waals surface area (Å²) in [6.45, 7) is 0.442. The fraction of sp³-hybridized carbons (Fsp3) is 0.571. The number of piperidine rings is 1. The average Bonchev–Trinajstić information content (AvgIpc) is 3.23. The molecule has 1 aliphatic rings. The number of nitrogens with zero attached hydrogens (tertiary/aromatic N) is 2. The zero-order valence-electron chi connectivity index (χ0n) is 19.2. The molecule has 0 bridgehead atoms. The molecule has 0 aliphatic carbocycles. The van der Waals surface area contributed by atoms with E-state index in [9.17, 15) is 35.9 Å². The minimum absolute atomic E-state index is 0.00745. The van der Waals surface area contributed by atoms with Crippen molar-refractivity contribution in [1.82, 2.24) is 15.2 Å². The number of aromatic nitrogens is 1. The van der Waals surface area contributed by atoms with Gasteiger partial charge in [0.2, 0.25) is 5.88 Å². The number of hydrogen-bond acceptors (Lipinski definition) is 7. The molecule has 200 valence electrons. The number of pyridine rings is 1. The normalized spacial score (nSPS) is 18.8. The molecule has 2 amide bonds. The maximum absolute atomic E-state index is 13.7. The number of carbonyl (C=O) groups is 2. The topological polar surface area (TPSA) is 90.0 Å².